The van der Waals surface area contributed by atoms with E-state index in [-0.39, 0.29) is 18.5 Å². The van der Waals surface area contributed by atoms with Crippen molar-refractivity contribution in [3.05, 3.63) is 90.3 Å². The van der Waals surface area contributed by atoms with E-state index in [0.29, 0.717) is 16.9 Å². The molecule has 180 valence electrons. The molecular weight excluding hydrogens is 452 g/mol. The molecule has 0 aliphatic rings. The third-order valence-electron chi connectivity index (χ3n) is 4.69. The van der Waals surface area contributed by atoms with Crippen molar-refractivity contribution >= 4 is 35.2 Å². The molecule has 11 heteroatoms. The lowest BCUT2D eigenvalue weighted by Gasteiger charge is -2.17. The van der Waals surface area contributed by atoms with E-state index in [0.717, 1.165) is 0 Å². The molecule has 0 bridgehead atoms. The molecule has 0 saturated carbocycles. The Morgan fingerprint density at radius 3 is 2.40 bits per heavy atom. The highest BCUT2D eigenvalue weighted by atomic mass is 16.4. The van der Waals surface area contributed by atoms with Crippen LogP contribution >= 0.6 is 0 Å². The molecule has 0 spiro atoms. The number of carbonyl (C=O) groups excluding carboxylic acids is 3. The normalized spacial score (nSPS) is 11.0. The fourth-order valence-corrected chi connectivity index (χ4v) is 3.07. The predicted octanol–water partition coefficient (Wildman–Crippen LogP) is 2.29. The number of para-hydroxylation sites is 1. The Balaban J connectivity index is 1.51. The van der Waals surface area contributed by atoms with E-state index in [1.807, 2.05) is 18.2 Å². The number of carboxylic acids is 1. The van der Waals surface area contributed by atoms with Gasteiger partial charge in [-0.2, -0.15) is 0 Å². The fraction of sp³-hybridized carbons (Fsp3) is 0.125. The number of benzene rings is 2. The quantitative estimate of drug-likeness (QED) is 0.245. The van der Waals surface area contributed by atoms with Crippen LogP contribution in [-0.2, 0) is 9.59 Å². The molecule has 1 atom stereocenters. The summed E-state index contributed by atoms with van der Waals surface area (Å²) in [7, 11) is 0. The highest BCUT2D eigenvalue weighted by Gasteiger charge is 2.19. The third-order valence-corrected chi connectivity index (χ3v) is 4.69. The molecule has 1 aromatic heterocycles. The van der Waals surface area contributed by atoms with Gasteiger partial charge in [0.15, 0.2) is 0 Å². The predicted molar refractivity (Wildman–Crippen MR) is 128 cm³/mol. The van der Waals surface area contributed by atoms with Crippen LogP contribution in [0.25, 0.3) is 0 Å². The van der Waals surface area contributed by atoms with Crippen LogP contribution in [0.3, 0.4) is 0 Å². The van der Waals surface area contributed by atoms with Gasteiger partial charge in [0.2, 0.25) is 5.91 Å². The van der Waals surface area contributed by atoms with Gasteiger partial charge in [-0.05, 0) is 42.0 Å². The van der Waals surface area contributed by atoms with Gasteiger partial charge in [-0.1, -0.05) is 30.3 Å². The number of nitrogens with zero attached hydrogens (tertiary/aromatic N) is 1. The summed E-state index contributed by atoms with van der Waals surface area (Å²) in [4.78, 5) is 52.0. The van der Waals surface area contributed by atoms with Crippen molar-refractivity contribution in [1.29, 1.82) is 0 Å². The molecule has 0 aliphatic carbocycles. The average molecular weight is 476 g/mol. The van der Waals surface area contributed by atoms with Gasteiger partial charge in [0.05, 0.1) is 24.7 Å². The molecule has 0 fully saturated rings. The maximum atomic E-state index is 12.5. The zero-order valence-corrected chi connectivity index (χ0v) is 18.5. The molecular formula is C24H24N6O5. The molecule has 11 nitrogen and oxygen atoms in total. The van der Waals surface area contributed by atoms with Crippen LogP contribution in [-0.4, -0.2) is 40.5 Å². The number of urea groups is 1. The Morgan fingerprint density at radius 1 is 0.914 bits per heavy atom. The maximum absolute atomic E-state index is 12.5. The van der Waals surface area contributed by atoms with Crippen molar-refractivity contribution < 1.29 is 24.3 Å². The number of hydrogen-bond donors (Lipinski definition) is 6. The molecule has 1 heterocycles. The minimum Gasteiger partial charge on any atom is -0.481 e. The number of nitrogens with one attached hydrogen (secondary N) is 5. The first-order chi connectivity index (χ1) is 16.9. The van der Waals surface area contributed by atoms with Crippen molar-refractivity contribution in [2.24, 2.45) is 0 Å². The van der Waals surface area contributed by atoms with Crippen LogP contribution < -0.4 is 26.8 Å². The van der Waals surface area contributed by atoms with E-state index in [2.05, 4.69) is 31.8 Å². The number of carboxylic acid groups (broad SMARTS) is 1. The van der Waals surface area contributed by atoms with E-state index in [4.69, 9.17) is 5.11 Å². The fourth-order valence-electron chi connectivity index (χ4n) is 3.07. The van der Waals surface area contributed by atoms with Crippen molar-refractivity contribution in [1.82, 2.24) is 21.0 Å². The smallest absolute Gasteiger partial charge is 0.337 e. The molecule has 0 radical (unpaired) electrons. The number of hydrazine groups is 1. The number of rotatable bonds is 10. The minimum atomic E-state index is -1.09. The van der Waals surface area contributed by atoms with Gasteiger partial charge in [0.1, 0.15) is 0 Å². The number of anilines is 2. The van der Waals surface area contributed by atoms with E-state index in [1.54, 1.807) is 36.4 Å². The molecule has 4 amide bonds. The van der Waals surface area contributed by atoms with Crippen molar-refractivity contribution in [3.63, 3.8) is 0 Å². The van der Waals surface area contributed by atoms with E-state index in [1.165, 1.54) is 24.5 Å². The first-order valence-corrected chi connectivity index (χ1v) is 10.6. The van der Waals surface area contributed by atoms with Gasteiger partial charge >= 0.3 is 12.0 Å². The molecule has 3 aromatic rings. The third kappa shape index (κ3) is 8.17. The lowest BCUT2D eigenvalue weighted by molar-refractivity contribution is -0.137. The molecule has 1 unspecified atom stereocenters. The van der Waals surface area contributed by atoms with E-state index < -0.39 is 29.9 Å². The summed E-state index contributed by atoms with van der Waals surface area (Å²) in [5, 5.41) is 16.8. The second kappa shape index (κ2) is 12.3. The van der Waals surface area contributed by atoms with Crippen LogP contribution in [0.5, 0.6) is 0 Å². The lowest BCUT2D eigenvalue weighted by Crippen LogP contribution is -2.39. The van der Waals surface area contributed by atoms with Gasteiger partial charge in [0.25, 0.3) is 5.91 Å². The molecule has 3 rings (SSSR count). The van der Waals surface area contributed by atoms with Crippen LogP contribution in [0.4, 0.5) is 16.2 Å². The number of pyridine rings is 1. The topological polar surface area (TPSA) is 162 Å². The number of aromatic nitrogens is 1. The van der Waals surface area contributed by atoms with Gasteiger partial charge < -0.3 is 21.1 Å². The largest absolute Gasteiger partial charge is 0.481 e. The van der Waals surface area contributed by atoms with Crippen LogP contribution in [0, 0.1) is 0 Å². The standard InChI is InChI=1S/C24H24N6O5/c31-21(28-20(13-22(32)33)17-7-5-11-25-14-17)15-26-23(34)16-6-4-10-19(12-16)27-24(35)30-29-18-8-2-1-3-9-18/h1-12,14,20,29H,13,15H2,(H,26,34)(H,28,31)(H,32,33)(H2,27,30,35). The SMILES string of the molecule is O=C(O)CC(NC(=O)CNC(=O)c1cccc(NC(=O)NNc2ccccc2)c1)c1cccnc1. The Labute approximate surface area is 200 Å². The summed E-state index contributed by atoms with van der Waals surface area (Å²) in [5.41, 5.74) is 7.05. The summed E-state index contributed by atoms with van der Waals surface area (Å²) in [6.45, 7) is -0.367. The van der Waals surface area contributed by atoms with Crippen molar-refractivity contribution in [3.8, 4) is 0 Å². The van der Waals surface area contributed by atoms with Gasteiger partial charge in [-0.3, -0.25) is 30.2 Å². The number of hydrogen-bond acceptors (Lipinski definition) is 6. The van der Waals surface area contributed by atoms with E-state index >= 15 is 0 Å². The van der Waals surface area contributed by atoms with Gasteiger partial charge in [-0.15, -0.1) is 0 Å². The lowest BCUT2D eigenvalue weighted by atomic mass is 10.1. The summed E-state index contributed by atoms with van der Waals surface area (Å²) < 4.78 is 0. The van der Waals surface area contributed by atoms with Crippen LogP contribution in [0.15, 0.2) is 79.1 Å². The van der Waals surface area contributed by atoms with E-state index in [9.17, 15) is 19.2 Å². The summed E-state index contributed by atoms with van der Waals surface area (Å²) in [6.07, 6.45) is 2.67. The Kier molecular flexibility index (Phi) is 8.72. The molecule has 0 saturated heterocycles. The number of aliphatic carboxylic acids is 1. The first kappa shape index (κ1) is 24.7. The Hall–Kier alpha value is -4.93. The zero-order chi connectivity index (χ0) is 25.0. The summed E-state index contributed by atoms with van der Waals surface area (Å²) in [5.74, 6) is -2.19. The molecule has 0 aliphatic heterocycles. The number of carbonyl (C=O) groups is 4. The first-order valence-electron chi connectivity index (χ1n) is 10.6. The average Bonchev–Trinajstić information content (AvgIpc) is 2.86. The summed E-state index contributed by atoms with van der Waals surface area (Å²) in [6, 6.07) is 17.2. The zero-order valence-electron chi connectivity index (χ0n) is 18.5. The molecule has 35 heavy (non-hydrogen) atoms. The van der Waals surface area contributed by atoms with Crippen molar-refractivity contribution in [2.45, 2.75) is 12.5 Å². The summed E-state index contributed by atoms with van der Waals surface area (Å²) >= 11 is 0. The van der Waals surface area contributed by atoms with Crippen molar-refractivity contribution in [2.75, 3.05) is 17.3 Å². The Bertz CT molecular complexity index is 1170. The highest BCUT2D eigenvalue weighted by molar-refractivity contribution is 5.98. The molecule has 6 N–H and O–H groups in total. The maximum Gasteiger partial charge on any atom is 0.337 e. The number of amides is 4. The highest BCUT2D eigenvalue weighted by Crippen LogP contribution is 2.15. The van der Waals surface area contributed by atoms with Gasteiger partial charge in [0, 0.05) is 23.6 Å². The minimum absolute atomic E-state index is 0.223. The second-order valence-electron chi connectivity index (χ2n) is 7.34. The van der Waals surface area contributed by atoms with Gasteiger partial charge in [-0.25, -0.2) is 4.79 Å². The second-order valence-corrected chi connectivity index (χ2v) is 7.34. The molecule has 2 aromatic carbocycles. The van der Waals surface area contributed by atoms with Crippen LogP contribution in [0.1, 0.15) is 28.4 Å². The van der Waals surface area contributed by atoms with Crippen LogP contribution in [0.2, 0.25) is 0 Å². The monoisotopic (exact) mass is 476 g/mol. The Morgan fingerprint density at radius 2 is 1.69 bits per heavy atom.